The van der Waals surface area contributed by atoms with Crippen molar-refractivity contribution in [2.45, 2.75) is 56.4 Å². The first-order chi connectivity index (χ1) is 12.4. The summed E-state index contributed by atoms with van der Waals surface area (Å²) in [7, 11) is 0. The predicted molar refractivity (Wildman–Crippen MR) is 92.7 cm³/mol. The van der Waals surface area contributed by atoms with Gasteiger partial charge in [0.15, 0.2) is 11.5 Å². The number of ketones is 1. The maximum Gasteiger partial charge on any atom is 0.322 e. The average molecular weight is 358 g/mol. The SMILES string of the molecule is O=C(O)CNC(=O)C1=C(O)c2cc(C3CC3)cn2C2(CCCCC2)C1=O. The van der Waals surface area contributed by atoms with Gasteiger partial charge in [-0.1, -0.05) is 19.3 Å². The summed E-state index contributed by atoms with van der Waals surface area (Å²) in [4.78, 5) is 36.5. The first-order valence-electron chi connectivity index (χ1n) is 9.15. The second kappa shape index (κ2) is 6.00. The van der Waals surface area contributed by atoms with Crippen molar-refractivity contribution in [2.24, 2.45) is 0 Å². The normalized spacial score (nSPS) is 21.6. The molecule has 3 aliphatic rings. The Morgan fingerprint density at radius 1 is 1.23 bits per heavy atom. The van der Waals surface area contributed by atoms with Crippen molar-refractivity contribution in [3.05, 3.63) is 29.1 Å². The number of Topliss-reactive ketones (excluding diaryl/α,β-unsaturated/α-hetero) is 1. The number of carboxylic acids is 1. The number of aliphatic hydroxyl groups excluding tert-OH is 1. The van der Waals surface area contributed by atoms with Crippen molar-refractivity contribution in [1.29, 1.82) is 0 Å². The summed E-state index contributed by atoms with van der Waals surface area (Å²) < 4.78 is 1.88. The van der Waals surface area contributed by atoms with Crippen LogP contribution in [0.15, 0.2) is 17.8 Å². The zero-order chi connectivity index (χ0) is 18.5. The number of carbonyl (C=O) groups is 3. The number of rotatable bonds is 4. The van der Waals surface area contributed by atoms with Gasteiger partial charge in [-0.2, -0.15) is 0 Å². The van der Waals surface area contributed by atoms with Gasteiger partial charge in [0.25, 0.3) is 5.91 Å². The van der Waals surface area contributed by atoms with E-state index >= 15 is 0 Å². The number of carbonyl (C=O) groups excluding carboxylic acids is 2. The Balaban J connectivity index is 1.81. The van der Waals surface area contributed by atoms with Crippen LogP contribution in [-0.4, -0.2) is 39.0 Å². The molecule has 1 aromatic rings. The van der Waals surface area contributed by atoms with E-state index in [1.54, 1.807) is 0 Å². The molecule has 2 heterocycles. The van der Waals surface area contributed by atoms with Gasteiger partial charge in [-0.05, 0) is 43.2 Å². The van der Waals surface area contributed by atoms with Crippen LogP contribution < -0.4 is 5.32 Å². The molecule has 4 rings (SSSR count). The number of amides is 1. The van der Waals surface area contributed by atoms with Gasteiger partial charge in [0, 0.05) is 6.20 Å². The lowest BCUT2D eigenvalue weighted by atomic mass is 9.74. The number of aliphatic hydroxyl groups is 1. The number of hydrogen-bond donors (Lipinski definition) is 3. The summed E-state index contributed by atoms with van der Waals surface area (Å²) in [6.45, 7) is -0.593. The Hall–Kier alpha value is -2.57. The van der Waals surface area contributed by atoms with Gasteiger partial charge < -0.3 is 20.1 Å². The van der Waals surface area contributed by atoms with E-state index in [-0.39, 0.29) is 11.3 Å². The maximum atomic E-state index is 13.3. The molecule has 2 aliphatic carbocycles. The highest BCUT2D eigenvalue weighted by molar-refractivity contribution is 6.27. The van der Waals surface area contributed by atoms with E-state index in [1.807, 2.05) is 16.8 Å². The molecule has 2 fully saturated rings. The Morgan fingerprint density at radius 2 is 1.92 bits per heavy atom. The lowest BCUT2D eigenvalue weighted by Gasteiger charge is -2.41. The number of carboxylic acid groups (broad SMARTS) is 1. The molecule has 1 spiro atoms. The summed E-state index contributed by atoms with van der Waals surface area (Å²) in [6.07, 6.45) is 8.22. The van der Waals surface area contributed by atoms with Crippen molar-refractivity contribution in [2.75, 3.05) is 6.54 Å². The topological polar surface area (TPSA) is 109 Å². The molecule has 0 atom stereocenters. The summed E-state index contributed by atoms with van der Waals surface area (Å²) >= 11 is 0. The number of aromatic nitrogens is 1. The maximum absolute atomic E-state index is 13.3. The fourth-order valence-corrected chi connectivity index (χ4v) is 4.30. The van der Waals surface area contributed by atoms with Gasteiger partial charge in [0.2, 0.25) is 0 Å². The van der Waals surface area contributed by atoms with E-state index in [9.17, 15) is 19.5 Å². The minimum Gasteiger partial charge on any atom is -0.505 e. The second-order valence-corrected chi connectivity index (χ2v) is 7.52. The molecule has 7 heteroatoms. The third-order valence-corrected chi connectivity index (χ3v) is 5.79. The Morgan fingerprint density at radius 3 is 2.54 bits per heavy atom. The summed E-state index contributed by atoms with van der Waals surface area (Å²) in [6, 6.07) is 1.88. The zero-order valence-corrected chi connectivity index (χ0v) is 14.5. The van der Waals surface area contributed by atoms with Crippen molar-refractivity contribution in [1.82, 2.24) is 9.88 Å². The van der Waals surface area contributed by atoms with Crippen LogP contribution in [0.25, 0.3) is 5.76 Å². The van der Waals surface area contributed by atoms with Gasteiger partial charge in [-0.15, -0.1) is 0 Å². The van der Waals surface area contributed by atoms with Crippen LogP contribution in [0.2, 0.25) is 0 Å². The number of hydrogen-bond acceptors (Lipinski definition) is 4. The molecule has 1 aromatic heterocycles. The van der Waals surface area contributed by atoms with Crippen LogP contribution in [0.1, 0.15) is 62.1 Å². The quantitative estimate of drug-likeness (QED) is 0.714. The van der Waals surface area contributed by atoms with E-state index in [0.29, 0.717) is 24.5 Å². The molecule has 2 saturated carbocycles. The van der Waals surface area contributed by atoms with Crippen LogP contribution >= 0.6 is 0 Å². The highest BCUT2D eigenvalue weighted by Crippen LogP contribution is 2.47. The summed E-state index contributed by atoms with van der Waals surface area (Å²) in [5.41, 5.74) is 0.439. The van der Waals surface area contributed by atoms with E-state index in [2.05, 4.69) is 5.32 Å². The molecule has 0 bridgehead atoms. The Labute approximate surface area is 150 Å². The summed E-state index contributed by atoms with van der Waals surface area (Å²) in [5.74, 6) is -2.31. The first kappa shape index (κ1) is 16.9. The highest BCUT2D eigenvalue weighted by Gasteiger charge is 2.50. The van der Waals surface area contributed by atoms with Crippen molar-refractivity contribution in [3.8, 4) is 0 Å². The average Bonchev–Trinajstić information content (AvgIpc) is 3.37. The second-order valence-electron chi connectivity index (χ2n) is 7.52. The third-order valence-electron chi connectivity index (χ3n) is 5.79. The van der Waals surface area contributed by atoms with Crippen LogP contribution in [0.4, 0.5) is 0 Å². The molecule has 0 radical (unpaired) electrons. The Bertz CT molecular complexity index is 825. The molecular formula is C19H22N2O5. The van der Waals surface area contributed by atoms with Crippen molar-refractivity contribution in [3.63, 3.8) is 0 Å². The largest absolute Gasteiger partial charge is 0.505 e. The van der Waals surface area contributed by atoms with Gasteiger partial charge >= 0.3 is 5.97 Å². The molecule has 1 amide bonds. The fraction of sp³-hybridized carbons (Fsp3) is 0.526. The minimum absolute atomic E-state index is 0.305. The molecule has 1 aliphatic heterocycles. The van der Waals surface area contributed by atoms with Crippen LogP contribution in [-0.2, 0) is 19.9 Å². The first-order valence-corrected chi connectivity index (χ1v) is 9.15. The number of nitrogens with zero attached hydrogens (tertiary/aromatic N) is 1. The van der Waals surface area contributed by atoms with Gasteiger partial charge in [0.1, 0.15) is 17.7 Å². The molecule has 3 N–H and O–H groups in total. The molecule has 0 aromatic carbocycles. The lowest BCUT2D eigenvalue weighted by Crippen LogP contribution is -2.50. The van der Waals surface area contributed by atoms with Crippen molar-refractivity contribution < 1.29 is 24.6 Å². The minimum atomic E-state index is -1.20. The molecular weight excluding hydrogens is 336 g/mol. The molecule has 7 nitrogen and oxygen atoms in total. The van der Waals surface area contributed by atoms with Gasteiger partial charge in [-0.25, -0.2) is 0 Å². The van der Waals surface area contributed by atoms with E-state index in [4.69, 9.17) is 5.11 Å². The molecule has 138 valence electrons. The standard InChI is InChI=1S/C19H22N2O5/c22-14(23)9-20-18(26)15-16(24)13-8-12(11-4-5-11)10-21(13)19(17(15)25)6-2-1-3-7-19/h8,10-11,24H,1-7,9H2,(H,20,26)(H,22,23). The van der Waals surface area contributed by atoms with Crippen molar-refractivity contribution >= 4 is 23.4 Å². The van der Waals surface area contributed by atoms with Crippen LogP contribution in [0.3, 0.4) is 0 Å². The number of aliphatic carboxylic acids is 1. The fourth-order valence-electron chi connectivity index (χ4n) is 4.30. The van der Waals surface area contributed by atoms with E-state index < -0.39 is 29.7 Å². The van der Waals surface area contributed by atoms with E-state index in [0.717, 1.165) is 37.7 Å². The number of fused-ring (bicyclic) bond motifs is 2. The third kappa shape index (κ3) is 2.53. The molecule has 0 saturated heterocycles. The highest BCUT2D eigenvalue weighted by atomic mass is 16.4. The number of nitrogens with one attached hydrogen (secondary N) is 1. The van der Waals surface area contributed by atoms with Crippen LogP contribution in [0.5, 0.6) is 0 Å². The summed E-state index contributed by atoms with van der Waals surface area (Å²) in [5, 5.41) is 21.7. The molecule has 0 unspecified atom stereocenters. The monoisotopic (exact) mass is 358 g/mol. The van der Waals surface area contributed by atoms with Gasteiger partial charge in [-0.3, -0.25) is 14.4 Å². The molecule has 26 heavy (non-hydrogen) atoms. The van der Waals surface area contributed by atoms with E-state index in [1.165, 1.54) is 0 Å². The van der Waals surface area contributed by atoms with Crippen LogP contribution in [0, 0.1) is 0 Å². The smallest absolute Gasteiger partial charge is 0.322 e. The lowest BCUT2D eigenvalue weighted by molar-refractivity contribution is -0.138. The Kier molecular flexibility index (Phi) is 3.89. The zero-order valence-electron chi connectivity index (χ0n) is 14.5. The van der Waals surface area contributed by atoms with Gasteiger partial charge in [0.05, 0.1) is 5.69 Å². The predicted octanol–water partition coefficient (Wildman–Crippen LogP) is 2.08.